The minimum atomic E-state index is -0.536. The fourth-order valence-electron chi connectivity index (χ4n) is 2.89. The van der Waals surface area contributed by atoms with Crippen LogP contribution in [0.25, 0.3) is 0 Å². The molecule has 25 heavy (non-hydrogen) atoms. The molecule has 130 valence electrons. The summed E-state index contributed by atoms with van der Waals surface area (Å²) in [6.45, 7) is 2.38. The Hall–Kier alpha value is -2.53. The number of nitrogens with zero attached hydrogens (tertiary/aromatic N) is 1. The summed E-state index contributed by atoms with van der Waals surface area (Å²) in [5.74, 6) is 0.250. The Balaban J connectivity index is 1.68. The third kappa shape index (κ3) is 4.12. The van der Waals surface area contributed by atoms with E-state index >= 15 is 0 Å². The Bertz CT molecular complexity index is 779. The molecule has 1 saturated heterocycles. The van der Waals surface area contributed by atoms with Crippen LogP contribution in [-0.2, 0) is 4.79 Å². The second-order valence-electron chi connectivity index (χ2n) is 5.98. The molecule has 1 atom stereocenters. The number of benzene rings is 2. The molecule has 2 aromatic rings. The monoisotopic (exact) mass is 358 g/mol. The van der Waals surface area contributed by atoms with Gasteiger partial charge in [-0.15, -0.1) is 0 Å². The van der Waals surface area contributed by atoms with Gasteiger partial charge in [-0.1, -0.05) is 29.8 Å². The van der Waals surface area contributed by atoms with Gasteiger partial charge in [0, 0.05) is 17.3 Å². The van der Waals surface area contributed by atoms with E-state index in [9.17, 15) is 9.59 Å². The highest BCUT2D eigenvalue weighted by Crippen LogP contribution is 2.24. The molecular formula is C19H19ClN2O3. The van der Waals surface area contributed by atoms with Crippen LogP contribution in [0.1, 0.15) is 18.4 Å². The zero-order valence-electron chi connectivity index (χ0n) is 13.9. The molecule has 0 bridgehead atoms. The first kappa shape index (κ1) is 17.3. The van der Waals surface area contributed by atoms with E-state index in [4.69, 9.17) is 16.3 Å². The molecule has 3 rings (SSSR count). The van der Waals surface area contributed by atoms with Gasteiger partial charge in [-0.05, 0) is 55.7 Å². The maximum atomic E-state index is 12.6. The molecule has 6 heteroatoms. The quantitative estimate of drug-likeness (QED) is 0.892. The average Bonchev–Trinajstić information content (AvgIpc) is 3.08. The fraction of sp³-hybridized carbons (Fsp3) is 0.263. The van der Waals surface area contributed by atoms with Crippen LogP contribution in [0.2, 0.25) is 5.02 Å². The topological polar surface area (TPSA) is 58.6 Å². The molecular weight excluding hydrogens is 340 g/mol. The molecule has 2 aromatic carbocycles. The van der Waals surface area contributed by atoms with E-state index in [1.807, 2.05) is 13.0 Å². The SMILES string of the molecule is Cc1cc(Cl)ccc1NC(=O)[C@@H]1CCCN1C(=O)Oc1ccccc1. The largest absolute Gasteiger partial charge is 0.415 e. The van der Waals surface area contributed by atoms with Crippen molar-refractivity contribution in [3.63, 3.8) is 0 Å². The molecule has 0 saturated carbocycles. The number of carbonyl (C=O) groups excluding carboxylic acids is 2. The fourth-order valence-corrected chi connectivity index (χ4v) is 3.12. The molecule has 0 aromatic heterocycles. The standard InChI is InChI=1S/C19H19ClN2O3/c1-13-12-14(20)9-10-16(13)21-18(23)17-8-5-11-22(17)19(24)25-15-6-3-2-4-7-15/h2-4,6-7,9-10,12,17H,5,8,11H2,1H3,(H,21,23)/t17-/m0/s1. The van der Waals surface area contributed by atoms with Crippen LogP contribution >= 0.6 is 11.6 Å². The number of hydrogen-bond donors (Lipinski definition) is 1. The van der Waals surface area contributed by atoms with Crippen LogP contribution in [0, 0.1) is 6.92 Å². The number of anilines is 1. The summed E-state index contributed by atoms with van der Waals surface area (Å²) in [5, 5.41) is 3.50. The highest BCUT2D eigenvalue weighted by Gasteiger charge is 2.35. The van der Waals surface area contributed by atoms with E-state index < -0.39 is 12.1 Å². The van der Waals surface area contributed by atoms with Crippen LogP contribution in [0.5, 0.6) is 5.75 Å². The zero-order chi connectivity index (χ0) is 17.8. The Morgan fingerprint density at radius 3 is 2.68 bits per heavy atom. The Morgan fingerprint density at radius 2 is 1.96 bits per heavy atom. The van der Waals surface area contributed by atoms with Gasteiger partial charge in [0.1, 0.15) is 11.8 Å². The number of aryl methyl sites for hydroxylation is 1. The van der Waals surface area contributed by atoms with E-state index in [-0.39, 0.29) is 5.91 Å². The highest BCUT2D eigenvalue weighted by molar-refractivity contribution is 6.30. The summed E-state index contributed by atoms with van der Waals surface area (Å²) in [6, 6.07) is 13.6. The lowest BCUT2D eigenvalue weighted by molar-refractivity contribution is -0.119. The molecule has 1 aliphatic rings. The van der Waals surface area contributed by atoms with Gasteiger partial charge >= 0.3 is 6.09 Å². The first-order valence-corrected chi connectivity index (χ1v) is 8.53. The third-order valence-electron chi connectivity index (χ3n) is 4.18. The first-order valence-electron chi connectivity index (χ1n) is 8.15. The normalized spacial score (nSPS) is 16.6. The number of para-hydroxylation sites is 1. The zero-order valence-corrected chi connectivity index (χ0v) is 14.6. The molecule has 1 fully saturated rings. The second-order valence-corrected chi connectivity index (χ2v) is 6.42. The summed E-state index contributed by atoms with van der Waals surface area (Å²) in [5.41, 5.74) is 1.56. The van der Waals surface area contributed by atoms with Crippen molar-refractivity contribution in [2.45, 2.75) is 25.8 Å². The predicted molar refractivity (Wildman–Crippen MR) is 97.0 cm³/mol. The lowest BCUT2D eigenvalue weighted by atomic mass is 10.1. The molecule has 1 N–H and O–H groups in total. The number of halogens is 1. The number of amides is 2. The minimum absolute atomic E-state index is 0.215. The number of ether oxygens (including phenoxy) is 1. The molecule has 0 spiro atoms. The number of nitrogens with one attached hydrogen (secondary N) is 1. The van der Waals surface area contributed by atoms with Gasteiger partial charge in [0.05, 0.1) is 0 Å². The van der Waals surface area contributed by atoms with E-state index in [0.29, 0.717) is 29.4 Å². The van der Waals surface area contributed by atoms with Crippen molar-refractivity contribution in [3.8, 4) is 5.75 Å². The molecule has 5 nitrogen and oxygen atoms in total. The number of likely N-dealkylation sites (tertiary alicyclic amines) is 1. The van der Waals surface area contributed by atoms with E-state index in [2.05, 4.69) is 5.32 Å². The molecule has 0 radical (unpaired) electrons. The van der Waals surface area contributed by atoms with Crippen molar-refractivity contribution in [2.24, 2.45) is 0 Å². The number of hydrogen-bond acceptors (Lipinski definition) is 3. The smallest absolute Gasteiger partial charge is 0.410 e. The summed E-state index contributed by atoms with van der Waals surface area (Å²) in [4.78, 5) is 26.5. The van der Waals surface area contributed by atoms with Gasteiger partial charge < -0.3 is 10.1 Å². The van der Waals surface area contributed by atoms with Crippen molar-refractivity contribution in [3.05, 3.63) is 59.1 Å². The summed E-state index contributed by atoms with van der Waals surface area (Å²) in [7, 11) is 0. The maximum absolute atomic E-state index is 12.6. The molecule has 0 unspecified atom stereocenters. The highest BCUT2D eigenvalue weighted by atomic mass is 35.5. The van der Waals surface area contributed by atoms with E-state index in [1.165, 1.54) is 4.90 Å². The van der Waals surface area contributed by atoms with Crippen LogP contribution in [-0.4, -0.2) is 29.5 Å². The number of carbonyl (C=O) groups is 2. The maximum Gasteiger partial charge on any atom is 0.415 e. The Morgan fingerprint density at radius 1 is 1.20 bits per heavy atom. The predicted octanol–water partition coefficient (Wildman–Crippen LogP) is 4.25. The molecule has 2 amide bonds. The van der Waals surface area contributed by atoms with Crippen LogP contribution < -0.4 is 10.1 Å². The van der Waals surface area contributed by atoms with Crippen LogP contribution in [0.4, 0.5) is 10.5 Å². The summed E-state index contributed by atoms with van der Waals surface area (Å²) >= 11 is 5.94. The second kappa shape index (κ2) is 7.57. The third-order valence-corrected chi connectivity index (χ3v) is 4.42. The Kier molecular flexibility index (Phi) is 5.24. The molecule has 1 aliphatic heterocycles. The lowest BCUT2D eigenvalue weighted by Gasteiger charge is -2.23. The van der Waals surface area contributed by atoms with Gasteiger partial charge in [0.25, 0.3) is 0 Å². The van der Waals surface area contributed by atoms with E-state index in [1.54, 1.807) is 42.5 Å². The van der Waals surface area contributed by atoms with Gasteiger partial charge in [0.2, 0.25) is 5.91 Å². The van der Waals surface area contributed by atoms with Gasteiger partial charge in [-0.25, -0.2) is 4.79 Å². The average molecular weight is 359 g/mol. The Labute approximate surface area is 151 Å². The summed E-state index contributed by atoms with van der Waals surface area (Å²) in [6.07, 6.45) is 0.876. The van der Waals surface area contributed by atoms with Gasteiger partial charge in [-0.2, -0.15) is 0 Å². The molecule has 0 aliphatic carbocycles. The van der Waals surface area contributed by atoms with Crippen LogP contribution in [0.3, 0.4) is 0 Å². The van der Waals surface area contributed by atoms with Crippen LogP contribution in [0.15, 0.2) is 48.5 Å². The lowest BCUT2D eigenvalue weighted by Crippen LogP contribution is -2.44. The summed E-state index contributed by atoms with van der Waals surface area (Å²) < 4.78 is 5.36. The minimum Gasteiger partial charge on any atom is -0.410 e. The van der Waals surface area contributed by atoms with Crippen molar-refractivity contribution in [2.75, 3.05) is 11.9 Å². The van der Waals surface area contributed by atoms with Crippen molar-refractivity contribution in [1.82, 2.24) is 4.90 Å². The van der Waals surface area contributed by atoms with Crippen molar-refractivity contribution < 1.29 is 14.3 Å². The van der Waals surface area contributed by atoms with Crippen molar-refractivity contribution in [1.29, 1.82) is 0 Å². The van der Waals surface area contributed by atoms with E-state index in [0.717, 1.165) is 12.0 Å². The first-order chi connectivity index (χ1) is 12.0. The van der Waals surface area contributed by atoms with Gasteiger partial charge in [-0.3, -0.25) is 9.69 Å². The molecule has 1 heterocycles. The number of rotatable bonds is 3. The van der Waals surface area contributed by atoms with Gasteiger partial charge in [0.15, 0.2) is 0 Å². The van der Waals surface area contributed by atoms with Crippen molar-refractivity contribution >= 4 is 29.3 Å².